The molecule has 0 spiro atoms. The van der Waals surface area contributed by atoms with Crippen LogP contribution in [0.1, 0.15) is 33.3 Å². The van der Waals surface area contributed by atoms with Crippen molar-refractivity contribution in [3.05, 3.63) is 35.9 Å². The summed E-state index contributed by atoms with van der Waals surface area (Å²) in [5.74, 6) is 0. The molecule has 0 heterocycles. The molecule has 0 amide bonds. The lowest BCUT2D eigenvalue weighted by Crippen LogP contribution is -2.14. The Morgan fingerprint density at radius 1 is 1.00 bits per heavy atom. The molecule has 0 saturated carbocycles. The molecule has 0 radical (unpaired) electrons. The fourth-order valence-electron chi connectivity index (χ4n) is 0.951. The van der Waals surface area contributed by atoms with Crippen molar-refractivity contribution >= 4 is 0 Å². The number of benzene rings is 1. The van der Waals surface area contributed by atoms with Crippen molar-refractivity contribution in [2.24, 2.45) is 0 Å². The van der Waals surface area contributed by atoms with Gasteiger partial charge in [-0.3, -0.25) is 0 Å². The maximum Gasteiger partial charge on any atom is 0.0811 e. The van der Waals surface area contributed by atoms with E-state index in [0.717, 1.165) is 5.56 Å². The summed E-state index contributed by atoms with van der Waals surface area (Å²) in [6.45, 7) is 7.83. The monoisotopic (exact) mass is 212 g/mol. The molecule has 0 aliphatic rings. The van der Waals surface area contributed by atoms with Gasteiger partial charge in [0.2, 0.25) is 0 Å². The predicted molar refractivity (Wildman–Crippen MR) is 65.9 cm³/mol. The molecule has 1 aromatic carbocycles. The first-order valence-electron chi connectivity index (χ1n) is 5.66. The van der Waals surface area contributed by atoms with Gasteiger partial charge in [-0.2, -0.15) is 0 Å². The molecule has 0 saturated heterocycles. The van der Waals surface area contributed by atoms with Gasteiger partial charge in [-0.1, -0.05) is 58.0 Å². The maximum atomic E-state index is 9.06. The first-order valence-corrected chi connectivity index (χ1v) is 5.66. The van der Waals surface area contributed by atoms with E-state index in [0.29, 0.717) is 6.42 Å². The largest absolute Gasteiger partial charge is 0.394 e. The van der Waals surface area contributed by atoms with Gasteiger partial charge in [0.05, 0.1) is 12.7 Å². The van der Waals surface area contributed by atoms with E-state index in [4.69, 9.17) is 10.2 Å². The highest BCUT2D eigenvalue weighted by molar-refractivity contribution is 5.15. The number of hydrogen-bond acceptors (Lipinski definition) is 2. The first kappa shape index (κ1) is 16.6. The van der Waals surface area contributed by atoms with Gasteiger partial charge < -0.3 is 10.2 Å². The van der Waals surface area contributed by atoms with E-state index in [-0.39, 0.29) is 6.61 Å². The number of aliphatic hydroxyl groups is 2. The molecule has 0 fully saturated rings. The van der Waals surface area contributed by atoms with E-state index in [2.05, 4.69) is 0 Å². The molecule has 88 valence electrons. The number of rotatable bonds is 3. The van der Waals surface area contributed by atoms with Crippen molar-refractivity contribution in [3.8, 4) is 0 Å². The standard InChI is InChI=1S/C9H12O2.2C2H6/c10-7-9(11)6-8-4-2-1-3-5-8;2*1-2/h1-5,9-11H,6-7H2;2*1-2H3. The smallest absolute Gasteiger partial charge is 0.0811 e. The van der Waals surface area contributed by atoms with Crippen LogP contribution in [0.2, 0.25) is 0 Å². The fourth-order valence-corrected chi connectivity index (χ4v) is 0.951. The minimum atomic E-state index is -0.627. The summed E-state index contributed by atoms with van der Waals surface area (Å²) in [4.78, 5) is 0. The average Bonchev–Trinajstić information content (AvgIpc) is 2.35. The Kier molecular flexibility index (Phi) is 14.5. The molecule has 2 nitrogen and oxygen atoms in total. The van der Waals surface area contributed by atoms with Crippen LogP contribution in [0.25, 0.3) is 0 Å². The normalized spacial score (nSPS) is 10.3. The summed E-state index contributed by atoms with van der Waals surface area (Å²) in [5.41, 5.74) is 1.05. The predicted octanol–water partition coefficient (Wildman–Crippen LogP) is 2.63. The maximum absolute atomic E-state index is 9.06. The summed E-state index contributed by atoms with van der Waals surface area (Å²) in [7, 11) is 0. The van der Waals surface area contributed by atoms with Crippen molar-refractivity contribution in [1.82, 2.24) is 0 Å². The van der Waals surface area contributed by atoms with Gasteiger partial charge >= 0.3 is 0 Å². The van der Waals surface area contributed by atoms with E-state index in [1.165, 1.54) is 0 Å². The molecule has 0 aliphatic carbocycles. The van der Waals surface area contributed by atoms with Crippen LogP contribution in [0.4, 0.5) is 0 Å². The average molecular weight is 212 g/mol. The van der Waals surface area contributed by atoms with Crippen LogP contribution in [0.5, 0.6) is 0 Å². The number of aliphatic hydroxyl groups excluding tert-OH is 2. The molecule has 0 aromatic heterocycles. The minimum absolute atomic E-state index is 0.172. The van der Waals surface area contributed by atoms with E-state index in [1.807, 2.05) is 58.0 Å². The Labute approximate surface area is 93.6 Å². The van der Waals surface area contributed by atoms with Gasteiger partial charge in [-0.25, -0.2) is 0 Å². The molecular weight excluding hydrogens is 188 g/mol. The van der Waals surface area contributed by atoms with Crippen LogP contribution in [0.3, 0.4) is 0 Å². The summed E-state index contributed by atoms with van der Waals surface area (Å²) >= 11 is 0. The summed E-state index contributed by atoms with van der Waals surface area (Å²) in [6.07, 6.45) is -0.102. The molecule has 1 aromatic rings. The molecule has 0 aliphatic heterocycles. The Morgan fingerprint density at radius 3 is 1.87 bits per heavy atom. The second-order valence-electron chi connectivity index (χ2n) is 2.53. The highest BCUT2D eigenvalue weighted by Gasteiger charge is 2.01. The minimum Gasteiger partial charge on any atom is -0.394 e. The molecular formula is C13H24O2. The highest BCUT2D eigenvalue weighted by Crippen LogP contribution is 2.01. The first-order chi connectivity index (χ1) is 7.33. The molecule has 1 atom stereocenters. The second kappa shape index (κ2) is 13.1. The van der Waals surface area contributed by atoms with Crippen LogP contribution >= 0.6 is 0 Å². The summed E-state index contributed by atoms with van der Waals surface area (Å²) < 4.78 is 0. The third kappa shape index (κ3) is 9.44. The van der Waals surface area contributed by atoms with Crippen molar-refractivity contribution in [2.45, 2.75) is 40.2 Å². The molecule has 0 bridgehead atoms. The number of hydrogen-bond donors (Lipinski definition) is 2. The summed E-state index contributed by atoms with van der Waals surface area (Å²) in [6, 6.07) is 9.62. The van der Waals surface area contributed by atoms with Crippen molar-refractivity contribution in [2.75, 3.05) is 6.61 Å². The molecule has 1 rings (SSSR count). The zero-order valence-electron chi connectivity index (χ0n) is 10.3. The zero-order valence-corrected chi connectivity index (χ0v) is 10.3. The van der Waals surface area contributed by atoms with Crippen molar-refractivity contribution < 1.29 is 10.2 Å². The van der Waals surface area contributed by atoms with Gasteiger partial charge in [0.25, 0.3) is 0 Å². The van der Waals surface area contributed by atoms with E-state index >= 15 is 0 Å². The van der Waals surface area contributed by atoms with E-state index in [9.17, 15) is 0 Å². The van der Waals surface area contributed by atoms with Gasteiger partial charge in [0.1, 0.15) is 0 Å². The molecule has 2 N–H and O–H groups in total. The van der Waals surface area contributed by atoms with Gasteiger partial charge in [-0.15, -0.1) is 0 Å². The topological polar surface area (TPSA) is 40.5 Å². The lowest BCUT2D eigenvalue weighted by Gasteiger charge is -2.05. The Hall–Kier alpha value is -0.860. The van der Waals surface area contributed by atoms with Gasteiger partial charge in [0.15, 0.2) is 0 Å². The third-order valence-electron chi connectivity index (χ3n) is 1.52. The van der Waals surface area contributed by atoms with Gasteiger partial charge in [-0.05, 0) is 5.56 Å². The van der Waals surface area contributed by atoms with Crippen LogP contribution in [-0.2, 0) is 6.42 Å². The Bertz CT molecular complexity index is 197. The van der Waals surface area contributed by atoms with Crippen LogP contribution in [0.15, 0.2) is 30.3 Å². The third-order valence-corrected chi connectivity index (χ3v) is 1.52. The quantitative estimate of drug-likeness (QED) is 0.808. The zero-order chi connectivity index (χ0) is 12.1. The van der Waals surface area contributed by atoms with E-state index in [1.54, 1.807) is 0 Å². The van der Waals surface area contributed by atoms with Crippen LogP contribution < -0.4 is 0 Å². The Balaban J connectivity index is 0. The Morgan fingerprint density at radius 2 is 1.47 bits per heavy atom. The van der Waals surface area contributed by atoms with Crippen LogP contribution in [-0.4, -0.2) is 22.9 Å². The second-order valence-corrected chi connectivity index (χ2v) is 2.53. The highest BCUT2D eigenvalue weighted by atomic mass is 16.3. The summed E-state index contributed by atoms with van der Waals surface area (Å²) in [5, 5.41) is 17.6. The SMILES string of the molecule is CC.CC.OCC(O)Cc1ccccc1. The molecule has 1 unspecified atom stereocenters. The van der Waals surface area contributed by atoms with Crippen LogP contribution in [0, 0.1) is 0 Å². The van der Waals surface area contributed by atoms with Crippen molar-refractivity contribution in [1.29, 1.82) is 0 Å². The van der Waals surface area contributed by atoms with Gasteiger partial charge in [0, 0.05) is 6.42 Å². The lowest BCUT2D eigenvalue weighted by atomic mass is 10.1. The molecule has 2 heteroatoms. The van der Waals surface area contributed by atoms with E-state index < -0.39 is 6.10 Å². The lowest BCUT2D eigenvalue weighted by molar-refractivity contribution is 0.0955. The van der Waals surface area contributed by atoms with Crippen molar-refractivity contribution in [3.63, 3.8) is 0 Å². The molecule has 15 heavy (non-hydrogen) atoms. The fraction of sp³-hybridized carbons (Fsp3) is 0.538.